The van der Waals surface area contributed by atoms with E-state index in [0.29, 0.717) is 11.3 Å². The summed E-state index contributed by atoms with van der Waals surface area (Å²) < 4.78 is 13.2. The average Bonchev–Trinajstić information content (AvgIpc) is 2.77. The van der Waals surface area contributed by atoms with Gasteiger partial charge in [0.2, 0.25) is 5.91 Å². The standard InChI is InChI=1S/C12H15FN2O.ClH/c1-8-4-5-9(7-10(8)13)15-12(16)11-3-2-6-14-11;/h4-5,7,11,14H,2-3,6H2,1H3,(H,15,16);1H/t11-;/m0./s1. The van der Waals surface area contributed by atoms with E-state index in [1.165, 1.54) is 6.07 Å². The summed E-state index contributed by atoms with van der Waals surface area (Å²) in [6.45, 7) is 2.57. The molecule has 1 aliphatic heterocycles. The summed E-state index contributed by atoms with van der Waals surface area (Å²) in [6, 6.07) is 4.59. The van der Waals surface area contributed by atoms with E-state index in [0.717, 1.165) is 19.4 Å². The highest BCUT2D eigenvalue weighted by Gasteiger charge is 2.21. The van der Waals surface area contributed by atoms with Crippen molar-refractivity contribution in [3.05, 3.63) is 29.6 Å². The molecule has 3 nitrogen and oxygen atoms in total. The summed E-state index contributed by atoms with van der Waals surface area (Å²) in [5.74, 6) is -0.377. The van der Waals surface area contributed by atoms with Crippen LogP contribution in [0.5, 0.6) is 0 Å². The van der Waals surface area contributed by atoms with Gasteiger partial charge in [-0.2, -0.15) is 0 Å². The van der Waals surface area contributed by atoms with Crippen LogP contribution in [0.25, 0.3) is 0 Å². The van der Waals surface area contributed by atoms with Crippen molar-refractivity contribution in [1.82, 2.24) is 5.32 Å². The normalized spacial score (nSPS) is 18.6. The molecule has 0 bridgehead atoms. The highest BCUT2D eigenvalue weighted by molar-refractivity contribution is 5.95. The van der Waals surface area contributed by atoms with Crippen LogP contribution in [0.1, 0.15) is 18.4 Å². The first-order valence-corrected chi connectivity index (χ1v) is 5.47. The van der Waals surface area contributed by atoms with Crippen molar-refractivity contribution in [2.45, 2.75) is 25.8 Å². The van der Waals surface area contributed by atoms with Crippen LogP contribution in [-0.4, -0.2) is 18.5 Å². The largest absolute Gasteiger partial charge is 0.325 e. The lowest BCUT2D eigenvalue weighted by molar-refractivity contribution is -0.117. The van der Waals surface area contributed by atoms with Gasteiger partial charge in [-0.1, -0.05) is 6.07 Å². The summed E-state index contributed by atoms with van der Waals surface area (Å²) in [4.78, 5) is 11.7. The first-order chi connectivity index (χ1) is 7.66. The summed E-state index contributed by atoms with van der Waals surface area (Å²) in [6.07, 6.45) is 1.86. The molecule has 1 atom stereocenters. The van der Waals surface area contributed by atoms with Crippen LogP contribution in [0, 0.1) is 12.7 Å². The van der Waals surface area contributed by atoms with Crippen LogP contribution >= 0.6 is 12.4 Å². The number of carbonyl (C=O) groups excluding carboxylic acids is 1. The third-order valence-corrected chi connectivity index (χ3v) is 2.82. The molecule has 1 aromatic rings. The van der Waals surface area contributed by atoms with Crippen LogP contribution in [0.2, 0.25) is 0 Å². The second-order valence-electron chi connectivity index (χ2n) is 4.10. The maximum Gasteiger partial charge on any atom is 0.241 e. The highest BCUT2D eigenvalue weighted by atomic mass is 35.5. The molecular formula is C12H16ClFN2O. The third kappa shape index (κ3) is 3.41. The zero-order chi connectivity index (χ0) is 11.5. The summed E-state index contributed by atoms with van der Waals surface area (Å²) >= 11 is 0. The minimum Gasteiger partial charge on any atom is -0.325 e. The summed E-state index contributed by atoms with van der Waals surface area (Å²) in [5.41, 5.74) is 1.10. The zero-order valence-electron chi connectivity index (χ0n) is 9.63. The molecule has 0 radical (unpaired) electrons. The number of anilines is 1. The number of aryl methyl sites for hydroxylation is 1. The van der Waals surface area contributed by atoms with E-state index in [2.05, 4.69) is 10.6 Å². The molecule has 0 saturated carbocycles. The van der Waals surface area contributed by atoms with Gasteiger partial charge < -0.3 is 10.6 Å². The number of benzene rings is 1. The third-order valence-electron chi connectivity index (χ3n) is 2.82. The van der Waals surface area contributed by atoms with Crippen molar-refractivity contribution in [1.29, 1.82) is 0 Å². The Kier molecular flexibility index (Phi) is 4.90. The topological polar surface area (TPSA) is 41.1 Å². The molecule has 1 fully saturated rings. The van der Waals surface area contributed by atoms with Gasteiger partial charge in [-0.05, 0) is 44.0 Å². The number of rotatable bonds is 2. The van der Waals surface area contributed by atoms with Gasteiger partial charge in [-0.25, -0.2) is 4.39 Å². The molecule has 5 heteroatoms. The first kappa shape index (κ1) is 13.9. The number of carbonyl (C=O) groups is 1. The molecule has 1 amide bonds. The minimum absolute atomic E-state index is 0. The smallest absolute Gasteiger partial charge is 0.241 e. The van der Waals surface area contributed by atoms with Crippen LogP contribution in [0.4, 0.5) is 10.1 Å². The monoisotopic (exact) mass is 258 g/mol. The van der Waals surface area contributed by atoms with Crippen molar-refractivity contribution < 1.29 is 9.18 Å². The van der Waals surface area contributed by atoms with Crippen molar-refractivity contribution in [2.75, 3.05) is 11.9 Å². The molecule has 2 rings (SSSR count). The average molecular weight is 259 g/mol. The van der Waals surface area contributed by atoms with Gasteiger partial charge in [-0.15, -0.1) is 12.4 Å². The summed E-state index contributed by atoms with van der Waals surface area (Å²) in [7, 11) is 0. The second kappa shape index (κ2) is 5.98. The molecule has 1 aromatic carbocycles. The number of halogens is 2. The zero-order valence-corrected chi connectivity index (χ0v) is 10.4. The van der Waals surface area contributed by atoms with Crippen LogP contribution in [-0.2, 0) is 4.79 Å². The molecule has 0 unspecified atom stereocenters. The molecule has 0 spiro atoms. The maximum atomic E-state index is 13.2. The van der Waals surface area contributed by atoms with Crippen molar-refractivity contribution in [3.63, 3.8) is 0 Å². The fourth-order valence-corrected chi connectivity index (χ4v) is 1.81. The van der Waals surface area contributed by atoms with E-state index >= 15 is 0 Å². The van der Waals surface area contributed by atoms with Gasteiger partial charge >= 0.3 is 0 Å². The van der Waals surface area contributed by atoms with Crippen molar-refractivity contribution in [2.24, 2.45) is 0 Å². The Morgan fingerprint density at radius 2 is 2.29 bits per heavy atom. The van der Waals surface area contributed by atoms with E-state index < -0.39 is 0 Å². The number of amides is 1. The predicted molar refractivity (Wildman–Crippen MR) is 68.0 cm³/mol. The fraction of sp³-hybridized carbons (Fsp3) is 0.417. The van der Waals surface area contributed by atoms with E-state index in [4.69, 9.17) is 0 Å². The molecular weight excluding hydrogens is 243 g/mol. The van der Waals surface area contributed by atoms with E-state index in [1.54, 1.807) is 19.1 Å². The van der Waals surface area contributed by atoms with Crippen molar-refractivity contribution >= 4 is 24.0 Å². The molecule has 1 aliphatic rings. The molecule has 94 valence electrons. The van der Waals surface area contributed by atoms with Crippen LogP contribution < -0.4 is 10.6 Å². The molecule has 0 aromatic heterocycles. The lowest BCUT2D eigenvalue weighted by atomic mass is 10.2. The molecule has 2 N–H and O–H groups in total. The molecule has 0 aliphatic carbocycles. The summed E-state index contributed by atoms with van der Waals surface area (Å²) in [5, 5.41) is 5.81. The van der Waals surface area contributed by atoms with Gasteiger partial charge in [0.1, 0.15) is 5.82 Å². The maximum absolute atomic E-state index is 13.2. The Morgan fingerprint density at radius 3 is 2.88 bits per heavy atom. The Bertz CT molecular complexity index is 405. The number of hydrogen-bond donors (Lipinski definition) is 2. The van der Waals surface area contributed by atoms with Gasteiger partial charge in [0.15, 0.2) is 0 Å². The lowest BCUT2D eigenvalue weighted by Gasteiger charge is -2.11. The quantitative estimate of drug-likeness (QED) is 0.854. The predicted octanol–water partition coefficient (Wildman–Crippen LogP) is 2.25. The first-order valence-electron chi connectivity index (χ1n) is 5.47. The Balaban J connectivity index is 0.00000144. The van der Waals surface area contributed by atoms with Crippen molar-refractivity contribution in [3.8, 4) is 0 Å². The van der Waals surface area contributed by atoms with Gasteiger partial charge in [0, 0.05) is 5.69 Å². The van der Waals surface area contributed by atoms with Gasteiger partial charge in [-0.3, -0.25) is 4.79 Å². The lowest BCUT2D eigenvalue weighted by Crippen LogP contribution is -2.35. The highest BCUT2D eigenvalue weighted by Crippen LogP contribution is 2.15. The second-order valence-corrected chi connectivity index (χ2v) is 4.10. The van der Waals surface area contributed by atoms with Crippen LogP contribution in [0.3, 0.4) is 0 Å². The van der Waals surface area contributed by atoms with E-state index in [-0.39, 0.29) is 30.2 Å². The number of hydrogen-bond acceptors (Lipinski definition) is 2. The Labute approximate surface area is 106 Å². The van der Waals surface area contributed by atoms with E-state index in [9.17, 15) is 9.18 Å². The SMILES string of the molecule is Cc1ccc(NC(=O)[C@@H]2CCCN2)cc1F.Cl. The minimum atomic E-state index is -0.294. The Morgan fingerprint density at radius 1 is 1.53 bits per heavy atom. The molecule has 1 heterocycles. The molecule has 17 heavy (non-hydrogen) atoms. The van der Waals surface area contributed by atoms with Gasteiger partial charge in [0.05, 0.1) is 6.04 Å². The van der Waals surface area contributed by atoms with E-state index in [1.807, 2.05) is 0 Å². The molecule has 1 saturated heterocycles. The fourth-order valence-electron chi connectivity index (χ4n) is 1.81. The van der Waals surface area contributed by atoms with Gasteiger partial charge in [0.25, 0.3) is 0 Å². The van der Waals surface area contributed by atoms with Crippen LogP contribution in [0.15, 0.2) is 18.2 Å². The number of nitrogens with one attached hydrogen (secondary N) is 2. The Hall–Kier alpha value is -1.13.